The number of benzene rings is 1. The van der Waals surface area contributed by atoms with Crippen molar-refractivity contribution in [3.8, 4) is 0 Å². The van der Waals surface area contributed by atoms with Crippen molar-refractivity contribution in [2.24, 2.45) is 5.73 Å². The summed E-state index contributed by atoms with van der Waals surface area (Å²) < 4.78 is 0. The van der Waals surface area contributed by atoms with Crippen molar-refractivity contribution in [1.82, 2.24) is 5.32 Å². The van der Waals surface area contributed by atoms with E-state index in [1.165, 1.54) is 0 Å². The van der Waals surface area contributed by atoms with Gasteiger partial charge in [-0.1, -0.05) is 30.3 Å². The van der Waals surface area contributed by atoms with Crippen molar-refractivity contribution in [3.63, 3.8) is 0 Å². The molecule has 0 aliphatic carbocycles. The molecule has 16 heavy (non-hydrogen) atoms. The largest absolute Gasteiger partial charge is 0.396 e. The summed E-state index contributed by atoms with van der Waals surface area (Å²) in [5, 5.41) is 11.3. The van der Waals surface area contributed by atoms with Crippen LogP contribution in [0.4, 0.5) is 0 Å². The van der Waals surface area contributed by atoms with Crippen molar-refractivity contribution < 1.29 is 9.90 Å². The molecule has 1 amide bonds. The van der Waals surface area contributed by atoms with E-state index in [1.54, 1.807) is 0 Å². The zero-order valence-electron chi connectivity index (χ0n) is 9.23. The smallest absolute Gasteiger partial charge is 0.237 e. The first kappa shape index (κ1) is 12.7. The second kappa shape index (κ2) is 6.98. The Labute approximate surface area is 95.5 Å². The lowest BCUT2D eigenvalue weighted by Crippen LogP contribution is -2.42. The van der Waals surface area contributed by atoms with Gasteiger partial charge in [-0.05, 0) is 18.4 Å². The Morgan fingerprint density at radius 3 is 2.69 bits per heavy atom. The van der Waals surface area contributed by atoms with Crippen LogP contribution >= 0.6 is 0 Å². The zero-order valence-corrected chi connectivity index (χ0v) is 9.23. The lowest BCUT2D eigenvalue weighted by Gasteiger charge is -2.11. The fraction of sp³-hybridized carbons (Fsp3) is 0.417. The molecule has 4 nitrogen and oxygen atoms in total. The molecular formula is C12H18N2O2. The standard InChI is InChI=1S/C12H18N2O2/c13-11(12(16)14-7-4-8-15)9-10-5-2-1-3-6-10/h1-3,5-6,11,15H,4,7-9,13H2,(H,14,16)/t11-/m1/s1. The summed E-state index contributed by atoms with van der Waals surface area (Å²) in [6.07, 6.45) is 1.09. The van der Waals surface area contributed by atoms with Crippen LogP contribution in [0.5, 0.6) is 0 Å². The molecule has 0 aromatic heterocycles. The predicted molar refractivity (Wildman–Crippen MR) is 62.8 cm³/mol. The van der Waals surface area contributed by atoms with Gasteiger partial charge in [0.25, 0.3) is 0 Å². The normalized spacial score (nSPS) is 12.1. The van der Waals surface area contributed by atoms with Crippen LogP contribution in [0.15, 0.2) is 30.3 Å². The maximum atomic E-state index is 11.5. The molecule has 0 spiro atoms. The topological polar surface area (TPSA) is 75.4 Å². The highest BCUT2D eigenvalue weighted by Crippen LogP contribution is 2.01. The van der Waals surface area contributed by atoms with E-state index in [0.717, 1.165) is 5.56 Å². The first-order valence-electron chi connectivity index (χ1n) is 5.42. The van der Waals surface area contributed by atoms with Gasteiger partial charge in [-0.2, -0.15) is 0 Å². The van der Waals surface area contributed by atoms with Crippen molar-refractivity contribution in [1.29, 1.82) is 0 Å². The number of nitrogens with one attached hydrogen (secondary N) is 1. The lowest BCUT2D eigenvalue weighted by atomic mass is 10.1. The molecule has 0 radical (unpaired) electrons. The van der Waals surface area contributed by atoms with Crippen molar-refractivity contribution in [3.05, 3.63) is 35.9 Å². The van der Waals surface area contributed by atoms with Gasteiger partial charge >= 0.3 is 0 Å². The second-order valence-corrected chi connectivity index (χ2v) is 3.66. The number of nitrogens with two attached hydrogens (primary N) is 1. The van der Waals surface area contributed by atoms with Crippen LogP contribution in [0.3, 0.4) is 0 Å². The van der Waals surface area contributed by atoms with Crippen molar-refractivity contribution in [2.75, 3.05) is 13.2 Å². The second-order valence-electron chi connectivity index (χ2n) is 3.66. The number of aliphatic hydroxyl groups is 1. The summed E-state index contributed by atoms with van der Waals surface area (Å²) in [6.45, 7) is 0.548. The molecule has 0 saturated carbocycles. The highest BCUT2D eigenvalue weighted by molar-refractivity contribution is 5.81. The third kappa shape index (κ3) is 4.42. The quantitative estimate of drug-likeness (QED) is 0.596. The minimum Gasteiger partial charge on any atom is -0.396 e. The van der Waals surface area contributed by atoms with Crippen LogP contribution in [-0.2, 0) is 11.2 Å². The molecule has 4 heteroatoms. The van der Waals surface area contributed by atoms with Crippen LogP contribution in [0.1, 0.15) is 12.0 Å². The van der Waals surface area contributed by atoms with Gasteiger partial charge in [-0.3, -0.25) is 4.79 Å². The first-order chi connectivity index (χ1) is 7.74. The maximum Gasteiger partial charge on any atom is 0.237 e. The third-order valence-electron chi connectivity index (χ3n) is 2.27. The van der Waals surface area contributed by atoms with Gasteiger partial charge in [0.2, 0.25) is 5.91 Å². The monoisotopic (exact) mass is 222 g/mol. The molecule has 0 aliphatic rings. The molecule has 0 bridgehead atoms. The average molecular weight is 222 g/mol. The summed E-state index contributed by atoms with van der Waals surface area (Å²) in [5.74, 6) is -0.169. The fourth-order valence-electron chi connectivity index (χ4n) is 1.38. The third-order valence-corrected chi connectivity index (χ3v) is 2.27. The van der Waals surface area contributed by atoms with E-state index in [4.69, 9.17) is 10.8 Å². The Morgan fingerprint density at radius 2 is 2.06 bits per heavy atom. The van der Waals surface area contributed by atoms with Gasteiger partial charge in [0.05, 0.1) is 6.04 Å². The molecule has 0 saturated heterocycles. The van der Waals surface area contributed by atoms with E-state index in [9.17, 15) is 4.79 Å². The SMILES string of the molecule is N[C@H](Cc1ccccc1)C(=O)NCCCO. The van der Waals surface area contributed by atoms with Crippen LogP contribution < -0.4 is 11.1 Å². The molecule has 88 valence electrons. The van der Waals surface area contributed by atoms with E-state index >= 15 is 0 Å². The van der Waals surface area contributed by atoms with Gasteiger partial charge in [-0.15, -0.1) is 0 Å². The number of carbonyl (C=O) groups is 1. The van der Waals surface area contributed by atoms with Gasteiger partial charge in [0.1, 0.15) is 0 Å². The van der Waals surface area contributed by atoms with E-state index in [0.29, 0.717) is 19.4 Å². The highest BCUT2D eigenvalue weighted by atomic mass is 16.3. The van der Waals surface area contributed by atoms with E-state index in [1.807, 2.05) is 30.3 Å². The summed E-state index contributed by atoms with van der Waals surface area (Å²) in [5.41, 5.74) is 6.81. The molecule has 1 aromatic rings. The van der Waals surface area contributed by atoms with Crippen LogP contribution in [0.25, 0.3) is 0 Å². The molecule has 0 aliphatic heterocycles. The fourth-order valence-corrected chi connectivity index (χ4v) is 1.38. The molecule has 4 N–H and O–H groups in total. The summed E-state index contributed by atoms with van der Waals surface area (Å²) >= 11 is 0. The van der Waals surface area contributed by atoms with Crippen LogP contribution in [0.2, 0.25) is 0 Å². The van der Waals surface area contributed by atoms with E-state index in [2.05, 4.69) is 5.32 Å². The number of carbonyl (C=O) groups excluding carboxylic acids is 1. The van der Waals surface area contributed by atoms with Gasteiger partial charge in [-0.25, -0.2) is 0 Å². The number of rotatable bonds is 6. The van der Waals surface area contributed by atoms with E-state index < -0.39 is 6.04 Å². The van der Waals surface area contributed by atoms with Crippen molar-refractivity contribution >= 4 is 5.91 Å². The number of aliphatic hydroxyl groups excluding tert-OH is 1. The lowest BCUT2D eigenvalue weighted by molar-refractivity contribution is -0.122. The Bertz CT molecular complexity index is 314. The predicted octanol–water partition coefficient (Wildman–Crippen LogP) is 0.0550. The maximum absolute atomic E-state index is 11.5. The Balaban J connectivity index is 2.34. The van der Waals surface area contributed by atoms with Crippen LogP contribution in [-0.4, -0.2) is 30.2 Å². The molecule has 1 rings (SSSR count). The Hall–Kier alpha value is -1.39. The van der Waals surface area contributed by atoms with Crippen LogP contribution in [0, 0.1) is 0 Å². The summed E-state index contributed by atoms with van der Waals surface area (Å²) in [7, 11) is 0. The molecule has 0 unspecified atom stereocenters. The van der Waals surface area contributed by atoms with E-state index in [-0.39, 0.29) is 12.5 Å². The number of hydrogen-bond donors (Lipinski definition) is 3. The summed E-state index contributed by atoms with van der Waals surface area (Å²) in [6, 6.07) is 9.14. The molecule has 0 heterocycles. The molecule has 1 aromatic carbocycles. The Kier molecular flexibility index (Phi) is 5.53. The Morgan fingerprint density at radius 1 is 1.38 bits per heavy atom. The van der Waals surface area contributed by atoms with Gasteiger partial charge < -0.3 is 16.2 Å². The molecular weight excluding hydrogens is 204 g/mol. The summed E-state index contributed by atoms with van der Waals surface area (Å²) in [4.78, 5) is 11.5. The minimum atomic E-state index is -0.527. The first-order valence-corrected chi connectivity index (χ1v) is 5.42. The average Bonchev–Trinajstić information content (AvgIpc) is 2.30. The highest BCUT2D eigenvalue weighted by Gasteiger charge is 2.12. The minimum absolute atomic E-state index is 0.0776. The molecule has 1 atom stereocenters. The zero-order chi connectivity index (χ0) is 11.8. The number of amides is 1. The number of hydrogen-bond acceptors (Lipinski definition) is 3. The van der Waals surface area contributed by atoms with Gasteiger partial charge in [0.15, 0.2) is 0 Å². The van der Waals surface area contributed by atoms with Gasteiger partial charge in [0, 0.05) is 13.2 Å². The molecule has 0 fully saturated rings. The van der Waals surface area contributed by atoms with Crippen molar-refractivity contribution in [2.45, 2.75) is 18.9 Å².